The highest BCUT2D eigenvalue weighted by Crippen LogP contribution is 2.15. The highest BCUT2D eigenvalue weighted by molar-refractivity contribution is 5.94. The van der Waals surface area contributed by atoms with Crippen molar-refractivity contribution in [2.24, 2.45) is 0 Å². The second-order valence-electron chi connectivity index (χ2n) is 4.94. The minimum absolute atomic E-state index is 0.0189. The van der Waals surface area contributed by atoms with Crippen LogP contribution in [-0.2, 0) is 4.79 Å². The molecule has 0 atom stereocenters. The van der Waals surface area contributed by atoms with E-state index in [1.54, 1.807) is 42.2 Å². The van der Waals surface area contributed by atoms with Crippen LogP contribution in [0.1, 0.15) is 10.4 Å². The Labute approximate surface area is 124 Å². The van der Waals surface area contributed by atoms with Crippen molar-refractivity contribution in [1.29, 1.82) is 0 Å². The number of amides is 2. The largest absolute Gasteiger partial charge is 0.497 e. The molecule has 1 aliphatic heterocycles. The number of likely N-dealkylation sites (N-methyl/N-ethyl adjacent to an activating group) is 1. The number of carbonyl (C=O) groups is 2. The van der Waals surface area contributed by atoms with Gasteiger partial charge in [-0.15, -0.1) is 0 Å². The zero-order chi connectivity index (χ0) is 15.2. The van der Waals surface area contributed by atoms with Gasteiger partial charge in [0.2, 0.25) is 5.91 Å². The summed E-state index contributed by atoms with van der Waals surface area (Å²) in [6.45, 7) is 2.62. The Morgan fingerprint density at radius 2 is 1.86 bits per heavy atom. The molecule has 114 valence electrons. The summed E-state index contributed by atoms with van der Waals surface area (Å²) in [5.74, 6) is 0.726. The van der Waals surface area contributed by atoms with Gasteiger partial charge in [-0.3, -0.25) is 9.59 Å². The van der Waals surface area contributed by atoms with Gasteiger partial charge >= 0.3 is 0 Å². The number of rotatable bonds is 4. The highest BCUT2D eigenvalue weighted by Gasteiger charge is 2.24. The van der Waals surface area contributed by atoms with Gasteiger partial charge in [-0.1, -0.05) is 6.07 Å². The number of nitrogens with zero attached hydrogens (tertiary/aromatic N) is 2. The van der Waals surface area contributed by atoms with Gasteiger partial charge in [0.25, 0.3) is 5.91 Å². The third-order valence-electron chi connectivity index (χ3n) is 3.56. The molecule has 0 unspecified atom stereocenters. The van der Waals surface area contributed by atoms with Gasteiger partial charge in [-0.05, 0) is 25.2 Å². The maximum atomic E-state index is 12.4. The van der Waals surface area contributed by atoms with Gasteiger partial charge in [0.05, 0.1) is 13.7 Å². The van der Waals surface area contributed by atoms with Crippen molar-refractivity contribution >= 4 is 11.8 Å². The van der Waals surface area contributed by atoms with Crippen molar-refractivity contribution < 1.29 is 14.3 Å². The van der Waals surface area contributed by atoms with E-state index in [1.165, 1.54) is 0 Å². The third-order valence-corrected chi connectivity index (χ3v) is 3.56. The van der Waals surface area contributed by atoms with Gasteiger partial charge in [0, 0.05) is 31.7 Å². The number of hydrogen-bond donors (Lipinski definition) is 1. The molecule has 6 heteroatoms. The SMILES string of the molecule is CNCC(=O)N1CCN(C(=O)c2cccc(OC)c2)CC1. The van der Waals surface area contributed by atoms with Crippen LogP contribution in [0.25, 0.3) is 0 Å². The standard InChI is InChI=1S/C15H21N3O3/c1-16-11-14(19)17-6-8-18(9-7-17)15(20)12-4-3-5-13(10-12)21-2/h3-5,10,16H,6-9,11H2,1-2H3. The second kappa shape index (κ2) is 7.08. The number of benzene rings is 1. The predicted molar refractivity (Wildman–Crippen MR) is 79.4 cm³/mol. The Kier molecular flexibility index (Phi) is 5.16. The summed E-state index contributed by atoms with van der Waals surface area (Å²) in [6.07, 6.45) is 0. The van der Waals surface area contributed by atoms with Crippen LogP contribution in [0, 0.1) is 0 Å². The van der Waals surface area contributed by atoms with E-state index in [0.717, 1.165) is 0 Å². The van der Waals surface area contributed by atoms with Crippen LogP contribution in [0.5, 0.6) is 5.75 Å². The van der Waals surface area contributed by atoms with Crippen molar-refractivity contribution in [2.45, 2.75) is 0 Å². The lowest BCUT2D eigenvalue weighted by atomic mass is 10.1. The van der Waals surface area contributed by atoms with E-state index < -0.39 is 0 Å². The molecule has 0 bridgehead atoms. The smallest absolute Gasteiger partial charge is 0.254 e. The molecule has 0 radical (unpaired) electrons. The van der Waals surface area contributed by atoms with Crippen molar-refractivity contribution in [1.82, 2.24) is 15.1 Å². The molecule has 21 heavy (non-hydrogen) atoms. The quantitative estimate of drug-likeness (QED) is 0.861. The lowest BCUT2D eigenvalue weighted by Gasteiger charge is -2.34. The van der Waals surface area contributed by atoms with Crippen LogP contribution in [0.4, 0.5) is 0 Å². The topological polar surface area (TPSA) is 61.9 Å². The van der Waals surface area contributed by atoms with Gasteiger partial charge in [0.15, 0.2) is 0 Å². The fraction of sp³-hybridized carbons (Fsp3) is 0.467. The van der Waals surface area contributed by atoms with Gasteiger partial charge in [-0.2, -0.15) is 0 Å². The molecule has 1 aromatic carbocycles. The zero-order valence-electron chi connectivity index (χ0n) is 12.5. The average Bonchev–Trinajstić information content (AvgIpc) is 2.54. The van der Waals surface area contributed by atoms with E-state index in [-0.39, 0.29) is 11.8 Å². The van der Waals surface area contributed by atoms with Gasteiger partial charge in [-0.25, -0.2) is 0 Å². The first-order chi connectivity index (χ1) is 10.2. The summed E-state index contributed by atoms with van der Waals surface area (Å²) in [7, 11) is 3.33. The van der Waals surface area contributed by atoms with Gasteiger partial charge in [0.1, 0.15) is 5.75 Å². The third kappa shape index (κ3) is 3.72. The van der Waals surface area contributed by atoms with Crippen LogP contribution in [0.15, 0.2) is 24.3 Å². The number of carbonyl (C=O) groups excluding carboxylic acids is 2. The first-order valence-corrected chi connectivity index (χ1v) is 7.01. The Morgan fingerprint density at radius 1 is 1.19 bits per heavy atom. The summed E-state index contributed by atoms with van der Waals surface area (Å²) in [6, 6.07) is 7.13. The molecular formula is C15H21N3O3. The zero-order valence-corrected chi connectivity index (χ0v) is 12.5. The number of methoxy groups -OCH3 is 1. The molecule has 2 rings (SSSR count). The molecule has 1 heterocycles. The molecule has 1 aliphatic rings. The Bertz CT molecular complexity index is 511. The maximum Gasteiger partial charge on any atom is 0.254 e. The molecule has 6 nitrogen and oxygen atoms in total. The number of ether oxygens (including phenoxy) is 1. The predicted octanol–water partition coefficient (Wildman–Crippen LogP) is 0.199. The molecule has 0 spiro atoms. The summed E-state index contributed by atoms with van der Waals surface area (Å²) in [5, 5.41) is 2.85. The van der Waals surface area contributed by atoms with E-state index >= 15 is 0 Å². The average molecular weight is 291 g/mol. The molecule has 1 N–H and O–H groups in total. The van der Waals surface area contributed by atoms with Crippen LogP contribution >= 0.6 is 0 Å². The Hall–Kier alpha value is -2.08. The lowest BCUT2D eigenvalue weighted by molar-refractivity contribution is -0.131. The van der Waals surface area contributed by atoms with Crippen LogP contribution in [0.3, 0.4) is 0 Å². The monoisotopic (exact) mass is 291 g/mol. The maximum absolute atomic E-state index is 12.4. The summed E-state index contributed by atoms with van der Waals surface area (Å²) in [4.78, 5) is 27.8. The van der Waals surface area contributed by atoms with Crippen LogP contribution in [-0.4, -0.2) is 68.5 Å². The van der Waals surface area contributed by atoms with Crippen LogP contribution < -0.4 is 10.1 Å². The Morgan fingerprint density at radius 3 is 2.48 bits per heavy atom. The molecule has 1 aromatic rings. The molecular weight excluding hydrogens is 270 g/mol. The van der Waals surface area contributed by atoms with E-state index in [9.17, 15) is 9.59 Å². The molecule has 0 aliphatic carbocycles. The first kappa shape index (κ1) is 15.3. The fourth-order valence-electron chi connectivity index (χ4n) is 2.36. The Balaban J connectivity index is 1.95. The minimum atomic E-state index is -0.0189. The minimum Gasteiger partial charge on any atom is -0.497 e. The molecule has 1 fully saturated rings. The van der Waals surface area contributed by atoms with Crippen molar-refractivity contribution in [2.75, 3.05) is 46.9 Å². The van der Waals surface area contributed by atoms with E-state index in [0.29, 0.717) is 44.0 Å². The molecule has 0 aromatic heterocycles. The molecule has 0 saturated carbocycles. The number of piperazine rings is 1. The molecule has 2 amide bonds. The summed E-state index contributed by atoms with van der Waals surface area (Å²) >= 11 is 0. The van der Waals surface area contributed by atoms with Crippen molar-refractivity contribution in [3.05, 3.63) is 29.8 Å². The molecule has 1 saturated heterocycles. The normalized spacial score (nSPS) is 15.0. The van der Waals surface area contributed by atoms with Gasteiger partial charge < -0.3 is 19.9 Å². The second-order valence-corrected chi connectivity index (χ2v) is 4.94. The number of hydrogen-bond acceptors (Lipinski definition) is 4. The highest BCUT2D eigenvalue weighted by atomic mass is 16.5. The number of nitrogens with one attached hydrogen (secondary N) is 1. The van der Waals surface area contributed by atoms with Crippen molar-refractivity contribution in [3.63, 3.8) is 0 Å². The fourth-order valence-corrected chi connectivity index (χ4v) is 2.36. The van der Waals surface area contributed by atoms with E-state index in [1.807, 2.05) is 6.07 Å². The van der Waals surface area contributed by atoms with Crippen molar-refractivity contribution in [3.8, 4) is 5.75 Å². The van der Waals surface area contributed by atoms with E-state index in [4.69, 9.17) is 4.74 Å². The first-order valence-electron chi connectivity index (χ1n) is 7.01. The lowest BCUT2D eigenvalue weighted by Crippen LogP contribution is -2.52. The van der Waals surface area contributed by atoms with Crippen LogP contribution in [0.2, 0.25) is 0 Å². The van der Waals surface area contributed by atoms with E-state index in [2.05, 4.69) is 5.32 Å². The summed E-state index contributed by atoms with van der Waals surface area (Å²) < 4.78 is 5.14. The summed E-state index contributed by atoms with van der Waals surface area (Å²) in [5.41, 5.74) is 0.615.